The average Bonchev–Trinajstić information content (AvgIpc) is 3.40. The van der Waals surface area contributed by atoms with Gasteiger partial charge in [0.2, 0.25) is 5.91 Å². The van der Waals surface area contributed by atoms with Crippen molar-refractivity contribution < 1.29 is 14.3 Å². The van der Waals surface area contributed by atoms with Gasteiger partial charge in [-0.15, -0.1) is 11.3 Å². The van der Waals surface area contributed by atoms with Crippen LogP contribution in [-0.2, 0) is 17.8 Å². The molecule has 1 N–H and O–H groups in total. The standard InChI is InChI=1S/C21H25N3O3S/c25-20(5-7-22-21(26)19-2-1-13-28-19)24-10-8-23(9-11-24)15-16-3-4-18-17(14-16)6-12-27-18/h1-4,13-14H,5-12,15H2,(H,22,26). The van der Waals surface area contributed by atoms with Crippen LogP contribution in [0.25, 0.3) is 0 Å². The smallest absolute Gasteiger partial charge is 0.261 e. The van der Waals surface area contributed by atoms with Crippen LogP contribution in [0.3, 0.4) is 0 Å². The molecule has 0 aliphatic carbocycles. The molecule has 2 aliphatic rings. The number of hydrogen-bond donors (Lipinski definition) is 1. The minimum absolute atomic E-state index is 0.104. The summed E-state index contributed by atoms with van der Waals surface area (Å²) < 4.78 is 5.57. The van der Waals surface area contributed by atoms with Crippen molar-refractivity contribution in [2.45, 2.75) is 19.4 Å². The zero-order valence-electron chi connectivity index (χ0n) is 15.9. The highest BCUT2D eigenvalue weighted by molar-refractivity contribution is 7.12. The van der Waals surface area contributed by atoms with Gasteiger partial charge < -0.3 is 15.0 Å². The van der Waals surface area contributed by atoms with Crippen LogP contribution in [0.2, 0.25) is 0 Å². The normalized spacial score (nSPS) is 16.5. The molecule has 28 heavy (non-hydrogen) atoms. The largest absolute Gasteiger partial charge is 0.493 e. The maximum absolute atomic E-state index is 12.4. The average molecular weight is 400 g/mol. The number of benzene rings is 1. The molecule has 0 atom stereocenters. The van der Waals surface area contributed by atoms with E-state index in [-0.39, 0.29) is 11.8 Å². The van der Waals surface area contributed by atoms with Crippen LogP contribution in [0, 0.1) is 0 Å². The van der Waals surface area contributed by atoms with Gasteiger partial charge in [-0.3, -0.25) is 14.5 Å². The minimum atomic E-state index is -0.104. The highest BCUT2D eigenvalue weighted by atomic mass is 32.1. The molecule has 2 amide bonds. The molecule has 6 nitrogen and oxygen atoms in total. The van der Waals surface area contributed by atoms with Gasteiger partial charge in [0.1, 0.15) is 5.75 Å². The van der Waals surface area contributed by atoms with Gasteiger partial charge in [0.05, 0.1) is 11.5 Å². The number of nitrogens with zero attached hydrogens (tertiary/aromatic N) is 2. The van der Waals surface area contributed by atoms with Crippen LogP contribution in [0.1, 0.15) is 27.2 Å². The first-order valence-corrected chi connectivity index (χ1v) is 10.6. The summed E-state index contributed by atoms with van der Waals surface area (Å²) in [5, 5.41) is 4.69. The van der Waals surface area contributed by atoms with E-state index in [0.29, 0.717) is 17.8 Å². The molecular weight excluding hydrogens is 374 g/mol. The van der Waals surface area contributed by atoms with E-state index in [2.05, 4.69) is 28.4 Å². The second kappa shape index (κ2) is 8.75. The summed E-state index contributed by atoms with van der Waals surface area (Å²) in [6, 6.07) is 10.1. The summed E-state index contributed by atoms with van der Waals surface area (Å²) in [4.78, 5) is 29.3. The van der Waals surface area contributed by atoms with E-state index in [1.165, 1.54) is 22.5 Å². The van der Waals surface area contributed by atoms with Crippen molar-refractivity contribution in [1.29, 1.82) is 0 Å². The van der Waals surface area contributed by atoms with Gasteiger partial charge in [-0.25, -0.2) is 0 Å². The first kappa shape index (κ1) is 19.0. The Bertz CT molecular complexity index is 829. The van der Waals surface area contributed by atoms with E-state index in [1.807, 2.05) is 16.3 Å². The summed E-state index contributed by atoms with van der Waals surface area (Å²) >= 11 is 1.41. The van der Waals surface area contributed by atoms with E-state index >= 15 is 0 Å². The Kier molecular flexibility index (Phi) is 5.92. The molecule has 1 saturated heterocycles. The van der Waals surface area contributed by atoms with Crippen LogP contribution in [0.4, 0.5) is 0 Å². The molecule has 2 aliphatic heterocycles. The number of fused-ring (bicyclic) bond motifs is 1. The Labute approximate surface area is 169 Å². The minimum Gasteiger partial charge on any atom is -0.493 e. The third kappa shape index (κ3) is 4.54. The van der Waals surface area contributed by atoms with Crippen molar-refractivity contribution in [2.75, 3.05) is 39.3 Å². The van der Waals surface area contributed by atoms with Crippen molar-refractivity contribution >= 4 is 23.2 Å². The fourth-order valence-corrected chi connectivity index (χ4v) is 4.33. The first-order chi connectivity index (χ1) is 13.7. The van der Waals surface area contributed by atoms with Gasteiger partial charge >= 0.3 is 0 Å². The van der Waals surface area contributed by atoms with Crippen molar-refractivity contribution in [3.05, 3.63) is 51.7 Å². The third-order valence-electron chi connectivity index (χ3n) is 5.25. The molecule has 4 rings (SSSR count). The molecule has 2 aromatic rings. The van der Waals surface area contributed by atoms with Crippen LogP contribution < -0.4 is 10.1 Å². The molecule has 0 saturated carbocycles. The second-order valence-electron chi connectivity index (χ2n) is 7.18. The van der Waals surface area contributed by atoms with Crippen LogP contribution in [0.5, 0.6) is 5.75 Å². The number of piperazine rings is 1. The quantitative estimate of drug-likeness (QED) is 0.809. The van der Waals surface area contributed by atoms with Gasteiger partial charge in [0, 0.05) is 52.1 Å². The van der Waals surface area contributed by atoms with Crippen LogP contribution in [-0.4, -0.2) is 60.9 Å². The summed E-state index contributed by atoms with van der Waals surface area (Å²) in [5.41, 5.74) is 2.61. The van der Waals surface area contributed by atoms with Crippen LogP contribution >= 0.6 is 11.3 Å². The molecule has 0 spiro atoms. The van der Waals surface area contributed by atoms with E-state index in [9.17, 15) is 9.59 Å². The fourth-order valence-electron chi connectivity index (χ4n) is 3.69. The van der Waals surface area contributed by atoms with Gasteiger partial charge in [0.25, 0.3) is 5.91 Å². The molecule has 1 fully saturated rings. The summed E-state index contributed by atoms with van der Waals surface area (Å²) in [6.07, 6.45) is 1.34. The van der Waals surface area contributed by atoms with E-state index in [0.717, 1.165) is 51.5 Å². The van der Waals surface area contributed by atoms with Gasteiger partial charge in [-0.2, -0.15) is 0 Å². The Hall–Kier alpha value is -2.38. The maximum atomic E-state index is 12.4. The van der Waals surface area contributed by atoms with E-state index < -0.39 is 0 Å². The Morgan fingerprint density at radius 2 is 2.00 bits per heavy atom. The number of nitrogens with one attached hydrogen (secondary N) is 1. The molecule has 7 heteroatoms. The van der Waals surface area contributed by atoms with E-state index in [1.54, 1.807) is 6.07 Å². The Balaban J connectivity index is 1.18. The predicted molar refractivity (Wildman–Crippen MR) is 109 cm³/mol. The zero-order chi connectivity index (χ0) is 19.3. The first-order valence-electron chi connectivity index (χ1n) is 9.75. The number of thiophene rings is 1. The lowest BCUT2D eigenvalue weighted by Crippen LogP contribution is -2.48. The second-order valence-corrected chi connectivity index (χ2v) is 8.13. The Morgan fingerprint density at radius 3 is 2.79 bits per heavy atom. The monoisotopic (exact) mass is 399 g/mol. The van der Waals surface area contributed by atoms with Gasteiger partial charge in [-0.05, 0) is 28.6 Å². The SMILES string of the molecule is O=C(NCCC(=O)N1CCN(Cc2ccc3c(c2)CCO3)CC1)c1cccs1. The van der Waals surface area contributed by atoms with Gasteiger partial charge in [0.15, 0.2) is 0 Å². The number of rotatable bonds is 6. The van der Waals surface area contributed by atoms with Crippen molar-refractivity contribution in [2.24, 2.45) is 0 Å². The van der Waals surface area contributed by atoms with Crippen molar-refractivity contribution in [1.82, 2.24) is 15.1 Å². The number of carbonyl (C=O) groups is 2. The molecule has 148 valence electrons. The lowest BCUT2D eigenvalue weighted by Gasteiger charge is -2.35. The highest BCUT2D eigenvalue weighted by Gasteiger charge is 2.21. The Morgan fingerprint density at radius 1 is 1.14 bits per heavy atom. The lowest BCUT2D eigenvalue weighted by atomic mass is 10.1. The highest BCUT2D eigenvalue weighted by Crippen LogP contribution is 2.26. The number of carbonyl (C=O) groups excluding carboxylic acids is 2. The number of ether oxygens (including phenoxy) is 1. The summed E-state index contributed by atoms with van der Waals surface area (Å²) in [6.45, 7) is 5.31. The maximum Gasteiger partial charge on any atom is 0.261 e. The molecule has 3 heterocycles. The molecule has 0 radical (unpaired) electrons. The predicted octanol–water partition coefficient (Wildman–Crippen LogP) is 2.15. The number of amides is 2. The summed E-state index contributed by atoms with van der Waals surface area (Å²) in [5.74, 6) is 1.03. The molecule has 1 aromatic carbocycles. The van der Waals surface area contributed by atoms with Crippen molar-refractivity contribution in [3.8, 4) is 5.75 Å². The molecular formula is C21H25N3O3S. The molecule has 1 aromatic heterocycles. The van der Waals surface area contributed by atoms with Crippen molar-refractivity contribution in [3.63, 3.8) is 0 Å². The van der Waals surface area contributed by atoms with Gasteiger partial charge in [-0.1, -0.05) is 18.2 Å². The fraction of sp³-hybridized carbons (Fsp3) is 0.429. The van der Waals surface area contributed by atoms with Crippen LogP contribution in [0.15, 0.2) is 35.7 Å². The molecule has 0 unspecified atom stereocenters. The lowest BCUT2D eigenvalue weighted by molar-refractivity contribution is -0.132. The summed E-state index contributed by atoms with van der Waals surface area (Å²) in [7, 11) is 0. The molecule has 0 bridgehead atoms. The topological polar surface area (TPSA) is 61.9 Å². The number of hydrogen-bond acceptors (Lipinski definition) is 5. The third-order valence-corrected chi connectivity index (χ3v) is 6.12. The zero-order valence-corrected chi connectivity index (χ0v) is 16.7. The van der Waals surface area contributed by atoms with E-state index in [4.69, 9.17) is 4.74 Å².